The van der Waals surface area contributed by atoms with Crippen molar-refractivity contribution in [3.05, 3.63) is 17.0 Å². The average Bonchev–Trinajstić information content (AvgIpc) is 2.37. The normalized spacial score (nSPS) is 24.0. The van der Waals surface area contributed by atoms with Crippen molar-refractivity contribution < 1.29 is 9.84 Å². The summed E-state index contributed by atoms with van der Waals surface area (Å²) >= 11 is 6.13. The van der Waals surface area contributed by atoms with E-state index in [1.54, 1.807) is 6.07 Å². The number of nitrogens with zero attached hydrogens (tertiary/aromatic N) is 3. The summed E-state index contributed by atoms with van der Waals surface area (Å²) in [5.41, 5.74) is -0.161. The first-order valence-electron chi connectivity index (χ1n) is 6.85. The largest absolute Gasteiger partial charge is 0.394 e. The maximum atomic E-state index is 9.27. The van der Waals surface area contributed by atoms with Gasteiger partial charge in [-0.25, -0.2) is 9.97 Å². The molecule has 0 amide bonds. The molecule has 2 unspecified atom stereocenters. The second kappa shape index (κ2) is 5.84. The highest BCUT2D eigenvalue weighted by atomic mass is 35.5. The highest BCUT2D eigenvalue weighted by Gasteiger charge is 2.28. The van der Waals surface area contributed by atoms with E-state index in [1.807, 2.05) is 0 Å². The maximum Gasteiger partial charge on any atom is 0.137 e. The minimum absolute atomic E-state index is 0.00810. The summed E-state index contributed by atoms with van der Waals surface area (Å²) in [4.78, 5) is 11.1. The molecule has 1 fully saturated rings. The van der Waals surface area contributed by atoms with Gasteiger partial charge in [0.05, 0.1) is 25.4 Å². The summed E-state index contributed by atoms with van der Waals surface area (Å²) in [6.07, 6.45) is -0.182. The quantitative estimate of drug-likeness (QED) is 0.847. The number of aliphatic hydroxyl groups is 1. The predicted octanol–water partition coefficient (Wildman–Crippen LogP) is 2.01. The molecule has 0 bridgehead atoms. The number of halogens is 1. The minimum atomic E-state index is -0.182. The van der Waals surface area contributed by atoms with E-state index in [-0.39, 0.29) is 24.2 Å². The molecule has 0 saturated carbocycles. The minimum Gasteiger partial charge on any atom is -0.394 e. The monoisotopic (exact) mass is 299 g/mol. The van der Waals surface area contributed by atoms with Crippen LogP contribution < -0.4 is 4.90 Å². The van der Waals surface area contributed by atoms with Crippen LogP contribution in [0.5, 0.6) is 0 Å². The Kier molecular flexibility index (Phi) is 4.52. The summed E-state index contributed by atoms with van der Waals surface area (Å²) in [5, 5.41) is 9.71. The van der Waals surface area contributed by atoms with Gasteiger partial charge in [-0.3, -0.25) is 0 Å². The maximum absolute atomic E-state index is 9.27. The fourth-order valence-electron chi connectivity index (χ4n) is 2.14. The lowest BCUT2D eigenvalue weighted by atomic mass is 9.96. The third kappa shape index (κ3) is 3.40. The van der Waals surface area contributed by atoms with Crippen LogP contribution in [0.1, 0.15) is 33.5 Å². The molecule has 1 N–H and O–H groups in total. The fourth-order valence-corrected chi connectivity index (χ4v) is 2.31. The summed E-state index contributed by atoms with van der Waals surface area (Å²) in [6, 6.07) is 1.96. The third-order valence-electron chi connectivity index (χ3n) is 3.36. The van der Waals surface area contributed by atoms with E-state index in [1.165, 1.54) is 0 Å². The SMILES string of the molecule is CC1COC(CO)CN1c1cc(Cl)nc(C(C)(C)C)n1. The van der Waals surface area contributed by atoms with Crippen molar-refractivity contribution in [3.63, 3.8) is 0 Å². The second-order valence-corrected chi connectivity index (χ2v) is 6.65. The molecule has 2 rings (SSSR count). The topological polar surface area (TPSA) is 58.5 Å². The van der Waals surface area contributed by atoms with Gasteiger partial charge in [-0.1, -0.05) is 32.4 Å². The van der Waals surface area contributed by atoms with E-state index in [9.17, 15) is 5.11 Å². The highest BCUT2D eigenvalue weighted by Crippen LogP contribution is 2.26. The zero-order valence-corrected chi connectivity index (χ0v) is 13.2. The number of aliphatic hydroxyl groups excluding tert-OH is 1. The number of anilines is 1. The van der Waals surface area contributed by atoms with Gasteiger partial charge in [-0.2, -0.15) is 0 Å². The number of morpholine rings is 1. The van der Waals surface area contributed by atoms with E-state index in [0.29, 0.717) is 18.3 Å². The Morgan fingerprint density at radius 3 is 2.75 bits per heavy atom. The average molecular weight is 300 g/mol. The van der Waals surface area contributed by atoms with Crippen LogP contribution in [0.25, 0.3) is 0 Å². The van der Waals surface area contributed by atoms with Crippen molar-refractivity contribution >= 4 is 17.4 Å². The van der Waals surface area contributed by atoms with Gasteiger partial charge in [-0.15, -0.1) is 0 Å². The van der Waals surface area contributed by atoms with E-state index in [2.05, 4.69) is 42.6 Å². The molecule has 1 aliphatic rings. The van der Waals surface area contributed by atoms with Gasteiger partial charge < -0.3 is 14.7 Å². The molecule has 2 heterocycles. The summed E-state index contributed by atoms with van der Waals surface area (Å²) in [5.74, 6) is 1.52. The number of ether oxygens (including phenoxy) is 1. The number of rotatable bonds is 2. The fraction of sp³-hybridized carbons (Fsp3) is 0.714. The van der Waals surface area contributed by atoms with Crippen LogP contribution in [0.4, 0.5) is 5.82 Å². The van der Waals surface area contributed by atoms with Crippen molar-refractivity contribution in [3.8, 4) is 0 Å². The first kappa shape index (κ1) is 15.5. The lowest BCUT2D eigenvalue weighted by Gasteiger charge is -2.38. The molecule has 1 aliphatic heterocycles. The van der Waals surface area contributed by atoms with Gasteiger partial charge in [-0.05, 0) is 6.92 Å². The Balaban J connectivity index is 2.33. The van der Waals surface area contributed by atoms with Crippen LogP contribution >= 0.6 is 11.6 Å². The van der Waals surface area contributed by atoms with E-state index < -0.39 is 0 Å². The van der Waals surface area contributed by atoms with Crippen LogP contribution in [0.2, 0.25) is 5.15 Å². The third-order valence-corrected chi connectivity index (χ3v) is 3.55. The zero-order valence-electron chi connectivity index (χ0n) is 12.4. The molecule has 112 valence electrons. The van der Waals surface area contributed by atoms with Crippen LogP contribution in [0.3, 0.4) is 0 Å². The summed E-state index contributed by atoms with van der Waals surface area (Å²) in [7, 11) is 0. The molecule has 0 aliphatic carbocycles. The Morgan fingerprint density at radius 2 is 2.15 bits per heavy atom. The number of hydrogen-bond donors (Lipinski definition) is 1. The Labute approximate surface area is 124 Å². The van der Waals surface area contributed by atoms with Crippen LogP contribution in [0.15, 0.2) is 6.07 Å². The Bertz CT molecular complexity index is 476. The van der Waals surface area contributed by atoms with Gasteiger partial charge in [0.25, 0.3) is 0 Å². The lowest BCUT2D eigenvalue weighted by Crippen LogP contribution is -2.50. The van der Waals surface area contributed by atoms with Crippen molar-refractivity contribution in [2.75, 3.05) is 24.7 Å². The molecule has 20 heavy (non-hydrogen) atoms. The van der Waals surface area contributed by atoms with Crippen molar-refractivity contribution in [1.82, 2.24) is 9.97 Å². The van der Waals surface area contributed by atoms with Crippen molar-refractivity contribution in [2.45, 2.75) is 45.3 Å². The first-order valence-corrected chi connectivity index (χ1v) is 7.23. The van der Waals surface area contributed by atoms with Gasteiger partial charge in [0.1, 0.15) is 16.8 Å². The second-order valence-electron chi connectivity index (χ2n) is 6.26. The van der Waals surface area contributed by atoms with Crippen LogP contribution in [-0.4, -0.2) is 47.0 Å². The molecule has 1 aromatic heterocycles. The lowest BCUT2D eigenvalue weighted by molar-refractivity contribution is -0.0106. The molecule has 1 aromatic rings. The molecular weight excluding hydrogens is 278 g/mol. The van der Waals surface area contributed by atoms with Crippen LogP contribution in [-0.2, 0) is 10.2 Å². The molecule has 0 aromatic carbocycles. The predicted molar refractivity (Wildman–Crippen MR) is 79.4 cm³/mol. The zero-order chi connectivity index (χ0) is 14.9. The molecular formula is C14H22ClN3O2. The van der Waals surface area contributed by atoms with E-state index in [4.69, 9.17) is 16.3 Å². The number of hydrogen-bond acceptors (Lipinski definition) is 5. The van der Waals surface area contributed by atoms with Crippen LogP contribution in [0, 0.1) is 0 Å². The summed E-state index contributed by atoms with van der Waals surface area (Å²) in [6.45, 7) is 9.42. The van der Waals surface area contributed by atoms with E-state index >= 15 is 0 Å². The number of aromatic nitrogens is 2. The molecule has 0 radical (unpaired) electrons. The summed E-state index contributed by atoms with van der Waals surface area (Å²) < 4.78 is 5.55. The Morgan fingerprint density at radius 1 is 1.45 bits per heavy atom. The van der Waals surface area contributed by atoms with Gasteiger partial charge in [0, 0.05) is 18.0 Å². The molecule has 6 heteroatoms. The molecule has 5 nitrogen and oxygen atoms in total. The standard InChI is InChI=1S/C14H22ClN3O2/c1-9-8-20-10(7-19)6-18(9)12-5-11(15)16-13(17-12)14(2,3)4/h5,9-10,19H,6-8H2,1-4H3. The van der Waals surface area contributed by atoms with Crippen molar-refractivity contribution in [2.24, 2.45) is 0 Å². The van der Waals surface area contributed by atoms with Crippen molar-refractivity contribution in [1.29, 1.82) is 0 Å². The molecule has 1 saturated heterocycles. The highest BCUT2D eigenvalue weighted by molar-refractivity contribution is 6.29. The smallest absolute Gasteiger partial charge is 0.137 e. The molecule has 0 spiro atoms. The van der Waals surface area contributed by atoms with Gasteiger partial charge in [0.2, 0.25) is 0 Å². The van der Waals surface area contributed by atoms with E-state index in [0.717, 1.165) is 11.6 Å². The molecule has 2 atom stereocenters. The van der Waals surface area contributed by atoms with Gasteiger partial charge in [0.15, 0.2) is 0 Å². The Hall–Kier alpha value is -0.910. The first-order chi connectivity index (χ1) is 9.31. The van der Waals surface area contributed by atoms with Gasteiger partial charge >= 0.3 is 0 Å².